The van der Waals surface area contributed by atoms with Gasteiger partial charge in [0.05, 0.1) is 6.10 Å². The maximum Gasteiger partial charge on any atom is 0.148 e. The van der Waals surface area contributed by atoms with Gasteiger partial charge in [-0.3, -0.25) is 4.68 Å². The van der Waals surface area contributed by atoms with Gasteiger partial charge in [-0.15, -0.1) is 0 Å². The van der Waals surface area contributed by atoms with Crippen LogP contribution in [0.2, 0.25) is 0 Å². The van der Waals surface area contributed by atoms with E-state index in [1.165, 1.54) is 6.42 Å². The second-order valence-corrected chi connectivity index (χ2v) is 5.74. The van der Waals surface area contributed by atoms with Crippen LogP contribution in [0.4, 0.5) is 5.82 Å². The van der Waals surface area contributed by atoms with Crippen LogP contribution < -0.4 is 5.32 Å². The van der Waals surface area contributed by atoms with Gasteiger partial charge in [0.2, 0.25) is 0 Å². The van der Waals surface area contributed by atoms with E-state index in [1.54, 1.807) is 0 Å². The van der Waals surface area contributed by atoms with Crippen LogP contribution >= 0.6 is 0 Å². The minimum atomic E-state index is 0.219. The number of ether oxygens (including phenoxy) is 1. The maximum atomic E-state index is 5.80. The topological polar surface area (TPSA) is 39.1 Å². The maximum absolute atomic E-state index is 5.80. The fourth-order valence-corrected chi connectivity index (χ4v) is 3.39. The highest BCUT2D eigenvalue weighted by atomic mass is 16.5. The molecule has 1 aromatic heterocycles. The molecular formula is C13H21N3O. The molecule has 0 spiro atoms. The molecule has 3 rings (SSSR count). The van der Waals surface area contributed by atoms with Gasteiger partial charge in [0, 0.05) is 42.8 Å². The average molecular weight is 235 g/mol. The summed E-state index contributed by atoms with van der Waals surface area (Å²) in [7, 11) is 0. The Balaban J connectivity index is 1.73. The Morgan fingerprint density at radius 1 is 1.59 bits per heavy atom. The quantitative estimate of drug-likeness (QED) is 0.872. The van der Waals surface area contributed by atoms with Crippen molar-refractivity contribution in [2.24, 2.45) is 11.3 Å². The number of hydrogen-bond acceptors (Lipinski definition) is 3. The van der Waals surface area contributed by atoms with E-state index in [-0.39, 0.29) is 5.41 Å². The number of aromatic nitrogens is 2. The van der Waals surface area contributed by atoms with E-state index >= 15 is 0 Å². The highest BCUT2D eigenvalue weighted by Crippen LogP contribution is 2.53. The first-order valence-corrected chi connectivity index (χ1v) is 6.54. The largest absolute Gasteiger partial charge is 0.377 e. The molecule has 3 atom stereocenters. The van der Waals surface area contributed by atoms with Gasteiger partial charge in [0.25, 0.3) is 0 Å². The molecule has 17 heavy (non-hydrogen) atoms. The fourth-order valence-electron chi connectivity index (χ4n) is 3.39. The molecule has 3 unspecified atom stereocenters. The lowest BCUT2D eigenvalue weighted by Crippen LogP contribution is -2.63. The van der Waals surface area contributed by atoms with Gasteiger partial charge in [0.15, 0.2) is 0 Å². The van der Waals surface area contributed by atoms with Crippen molar-refractivity contribution in [3.63, 3.8) is 0 Å². The minimum Gasteiger partial charge on any atom is -0.377 e. The third-order valence-corrected chi connectivity index (χ3v) is 4.37. The third kappa shape index (κ3) is 1.58. The Kier molecular flexibility index (Phi) is 2.43. The molecule has 2 aliphatic rings. The Morgan fingerprint density at radius 2 is 2.41 bits per heavy atom. The lowest BCUT2D eigenvalue weighted by molar-refractivity contribution is -0.0924. The number of aryl methyl sites for hydroxylation is 1. The van der Waals surface area contributed by atoms with Crippen LogP contribution in [-0.4, -0.2) is 28.5 Å². The predicted molar refractivity (Wildman–Crippen MR) is 66.9 cm³/mol. The first kappa shape index (κ1) is 11.1. The van der Waals surface area contributed by atoms with Gasteiger partial charge in [-0.1, -0.05) is 13.8 Å². The van der Waals surface area contributed by atoms with E-state index < -0.39 is 0 Å². The van der Waals surface area contributed by atoms with Crippen LogP contribution in [0.5, 0.6) is 0 Å². The first-order chi connectivity index (χ1) is 8.13. The second kappa shape index (κ2) is 3.73. The summed E-state index contributed by atoms with van der Waals surface area (Å²) >= 11 is 0. The normalized spacial score (nSPS) is 34.2. The molecule has 1 aliphatic heterocycles. The molecule has 1 saturated carbocycles. The van der Waals surface area contributed by atoms with Crippen LogP contribution in [-0.2, 0) is 11.3 Å². The third-order valence-electron chi connectivity index (χ3n) is 4.37. The molecular weight excluding hydrogens is 214 g/mol. The summed E-state index contributed by atoms with van der Waals surface area (Å²) in [5.74, 6) is 1.66. The van der Waals surface area contributed by atoms with Crippen molar-refractivity contribution in [2.45, 2.75) is 45.9 Å². The summed E-state index contributed by atoms with van der Waals surface area (Å²) in [6.07, 6.45) is 3.64. The van der Waals surface area contributed by atoms with Crippen molar-refractivity contribution in [3.8, 4) is 0 Å². The Morgan fingerprint density at radius 3 is 3.12 bits per heavy atom. The van der Waals surface area contributed by atoms with E-state index in [2.05, 4.69) is 37.3 Å². The van der Waals surface area contributed by atoms with Crippen LogP contribution in [0.25, 0.3) is 0 Å². The molecule has 4 heteroatoms. The van der Waals surface area contributed by atoms with E-state index in [9.17, 15) is 0 Å². The Labute approximate surface area is 102 Å². The van der Waals surface area contributed by atoms with Gasteiger partial charge in [-0.25, -0.2) is 0 Å². The van der Waals surface area contributed by atoms with Crippen LogP contribution in [0.15, 0.2) is 12.3 Å². The highest BCUT2D eigenvalue weighted by molar-refractivity contribution is 5.37. The molecule has 94 valence electrons. The minimum absolute atomic E-state index is 0.219. The van der Waals surface area contributed by atoms with Crippen molar-refractivity contribution in [3.05, 3.63) is 12.3 Å². The molecule has 0 aromatic carbocycles. The van der Waals surface area contributed by atoms with Gasteiger partial charge in [-0.2, -0.15) is 5.10 Å². The predicted octanol–water partition coefficient (Wildman–Crippen LogP) is 2.13. The van der Waals surface area contributed by atoms with Gasteiger partial charge in [0.1, 0.15) is 5.82 Å². The molecule has 2 heterocycles. The van der Waals surface area contributed by atoms with Crippen molar-refractivity contribution >= 4 is 5.82 Å². The van der Waals surface area contributed by atoms with E-state index in [0.717, 1.165) is 19.0 Å². The fraction of sp³-hybridized carbons (Fsp3) is 0.769. The van der Waals surface area contributed by atoms with Gasteiger partial charge < -0.3 is 10.1 Å². The first-order valence-electron chi connectivity index (χ1n) is 6.54. The van der Waals surface area contributed by atoms with E-state index in [4.69, 9.17) is 4.74 Å². The summed E-state index contributed by atoms with van der Waals surface area (Å²) in [6, 6.07) is 2.55. The van der Waals surface area contributed by atoms with Crippen molar-refractivity contribution in [2.75, 3.05) is 11.9 Å². The summed E-state index contributed by atoms with van der Waals surface area (Å²) in [5, 5.41) is 8.08. The number of nitrogens with zero attached hydrogens (tertiary/aromatic N) is 2. The molecule has 2 fully saturated rings. The smallest absolute Gasteiger partial charge is 0.148 e. The molecule has 0 bridgehead atoms. The van der Waals surface area contributed by atoms with Crippen LogP contribution in [0.3, 0.4) is 0 Å². The lowest BCUT2D eigenvalue weighted by Gasteiger charge is -2.54. The Hall–Kier alpha value is -1.03. The van der Waals surface area contributed by atoms with Gasteiger partial charge in [-0.05, 0) is 13.3 Å². The van der Waals surface area contributed by atoms with E-state index in [0.29, 0.717) is 18.1 Å². The zero-order chi connectivity index (χ0) is 12.0. The lowest BCUT2D eigenvalue weighted by atomic mass is 9.57. The standard InChI is InChI=1S/C13H21N3O/c1-4-16-7-5-10(15-16)14-11-9-6-8-17-12(9)13(11,2)3/h5,7,9,11-12H,4,6,8H2,1-3H3,(H,14,15). The molecule has 1 N–H and O–H groups in total. The SMILES string of the molecule is CCn1ccc(NC2C3CCOC3C2(C)C)n1. The summed E-state index contributed by atoms with van der Waals surface area (Å²) < 4.78 is 7.75. The van der Waals surface area contributed by atoms with E-state index in [1.807, 2.05) is 10.9 Å². The molecule has 1 aliphatic carbocycles. The second-order valence-electron chi connectivity index (χ2n) is 5.74. The van der Waals surface area contributed by atoms with Crippen molar-refractivity contribution in [1.82, 2.24) is 9.78 Å². The number of nitrogens with one attached hydrogen (secondary N) is 1. The summed E-state index contributed by atoms with van der Waals surface area (Å²) in [4.78, 5) is 0. The monoisotopic (exact) mass is 235 g/mol. The molecule has 4 nitrogen and oxygen atoms in total. The number of fused-ring (bicyclic) bond motifs is 1. The molecule has 0 amide bonds. The zero-order valence-corrected chi connectivity index (χ0v) is 10.8. The zero-order valence-electron chi connectivity index (χ0n) is 10.8. The van der Waals surface area contributed by atoms with Crippen LogP contribution in [0.1, 0.15) is 27.2 Å². The molecule has 0 radical (unpaired) electrons. The molecule has 1 aromatic rings. The number of anilines is 1. The van der Waals surface area contributed by atoms with Crippen LogP contribution in [0, 0.1) is 11.3 Å². The Bertz CT molecular complexity index is 413. The van der Waals surface area contributed by atoms with Gasteiger partial charge >= 0.3 is 0 Å². The molecule has 1 saturated heterocycles. The summed E-state index contributed by atoms with van der Waals surface area (Å²) in [6.45, 7) is 8.51. The summed E-state index contributed by atoms with van der Waals surface area (Å²) in [5.41, 5.74) is 0.219. The van der Waals surface area contributed by atoms with Crippen molar-refractivity contribution in [1.29, 1.82) is 0 Å². The number of rotatable bonds is 3. The highest BCUT2D eigenvalue weighted by Gasteiger charge is 2.59. The number of hydrogen-bond donors (Lipinski definition) is 1. The average Bonchev–Trinajstić information content (AvgIpc) is 2.93. The van der Waals surface area contributed by atoms with Crippen molar-refractivity contribution < 1.29 is 4.74 Å².